The fraction of sp³-hybridized carbons (Fsp3) is 0.600. The van der Waals surface area contributed by atoms with Crippen molar-refractivity contribution in [3.63, 3.8) is 0 Å². The molecule has 0 saturated carbocycles. The molecule has 1 atom stereocenters. The lowest BCUT2D eigenvalue weighted by Crippen LogP contribution is -2.34. The Kier molecular flexibility index (Phi) is 36.5. The maximum atomic E-state index is 15.3. The molecule has 1 fully saturated rings. The smallest absolute Gasteiger partial charge is 0.127 e. The number of nitrogens with one attached hydrogen (secondary N) is 1. The number of rotatable bonds is 22. The minimum atomic E-state index is -0.0811. The molecule has 71 heavy (non-hydrogen) atoms. The highest BCUT2D eigenvalue weighted by Crippen LogP contribution is 2.33. The number of nitrogens with zero attached hydrogens (tertiary/aromatic N) is 4. The molecule has 2 heterocycles. The SMILES string of the molecule is C=CCCC(C=C)N(C)Cc1cc(C2CCN(CCCCCCCCc3cc4nc(C)nc(C)c4cc3CC)CC2)c(F)cc1C=C.CC.CC.CCC.CCC(C)(C)c1cccc(C(C)C)c1.CNC. The van der Waals surface area contributed by atoms with Crippen LogP contribution in [0.1, 0.15) is 222 Å². The zero-order chi connectivity index (χ0) is 53.9. The van der Waals surface area contributed by atoms with Crippen molar-refractivity contribution in [2.24, 2.45) is 0 Å². The second kappa shape index (κ2) is 38.6. The molecule has 1 saturated heterocycles. The number of aryl methyl sites for hydroxylation is 4. The molecule has 3 aromatic carbocycles. The Bertz CT molecular complexity index is 2040. The van der Waals surface area contributed by atoms with Crippen LogP contribution in [0.5, 0.6) is 0 Å². The standard InChI is InChI=1S/C42H59FN4.C14H22.C3H8.C2H7N.2C2H6/c1-8-12-20-38(11-4)46(7)30-37-27-40(41(43)28-34(37)10-3)35-21-24-47(25-22-35)23-18-16-14-13-15-17-19-36-29-42-39(26-33(36)9-2)31(5)44-32(6)45-42;1-6-14(4,5)13-9-7-8-12(10-13)11(2)3;2*1-3-2;2*1-2/h8,10-11,26-29,35,38H,1,3-4,9,12-25,30H2,2,5-7H3;7-11H,6H2,1-5H3;3H2,1-2H3;3H,1-2H3;2*1-2H3. The summed E-state index contributed by atoms with van der Waals surface area (Å²) in [6, 6.07) is 17.7. The highest BCUT2D eigenvalue weighted by molar-refractivity contribution is 5.82. The third kappa shape index (κ3) is 24.1. The quantitative estimate of drug-likeness (QED) is 0.0628. The van der Waals surface area contributed by atoms with Gasteiger partial charge in [-0.2, -0.15) is 0 Å². The van der Waals surface area contributed by atoms with Crippen LogP contribution < -0.4 is 5.32 Å². The Balaban J connectivity index is 0.00000169. The highest BCUT2D eigenvalue weighted by Gasteiger charge is 2.25. The van der Waals surface area contributed by atoms with Crippen molar-refractivity contribution in [3.05, 3.63) is 137 Å². The summed E-state index contributed by atoms with van der Waals surface area (Å²) in [5, 5.41) is 3.94. The number of hydrogen-bond acceptors (Lipinski definition) is 5. The first-order chi connectivity index (χ1) is 34.1. The number of piperidine rings is 1. The third-order valence-corrected chi connectivity index (χ3v) is 13.5. The molecule has 1 aromatic heterocycles. The summed E-state index contributed by atoms with van der Waals surface area (Å²) in [5.74, 6) is 1.68. The topological polar surface area (TPSA) is 44.3 Å². The molecule has 0 bridgehead atoms. The molecule has 0 aliphatic carbocycles. The number of likely N-dealkylation sites (tertiary alicyclic amines) is 1. The number of likely N-dealkylation sites (N-methyl/N-ethyl adjacent to an activating group) is 1. The van der Waals surface area contributed by atoms with Crippen LogP contribution in [-0.4, -0.2) is 66.6 Å². The van der Waals surface area contributed by atoms with Crippen molar-refractivity contribution in [2.45, 2.75) is 217 Å². The number of allylic oxidation sites excluding steroid dienone is 1. The largest absolute Gasteiger partial charge is 0.323 e. The van der Waals surface area contributed by atoms with Gasteiger partial charge in [-0.3, -0.25) is 4.90 Å². The van der Waals surface area contributed by atoms with Gasteiger partial charge in [-0.1, -0.05) is 170 Å². The van der Waals surface area contributed by atoms with Crippen molar-refractivity contribution >= 4 is 17.0 Å². The molecule has 400 valence electrons. The molecule has 4 aromatic rings. The summed E-state index contributed by atoms with van der Waals surface area (Å²) in [5.41, 5.74) is 11.2. The first kappa shape index (κ1) is 67.0. The molecule has 1 unspecified atom stereocenters. The molecule has 1 aliphatic heterocycles. The van der Waals surface area contributed by atoms with Gasteiger partial charge in [0.15, 0.2) is 0 Å². The van der Waals surface area contributed by atoms with Crippen LogP contribution in [-0.2, 0) is 24.8 Å². The van der Waals surface area contributed by atoms with E-state index in [0.29, 0.717) is 11.3 Å². The lowest BCUT2D eigenvalue weighted by atomic mass is 9.81. The number of aromatic nitrogens is 2. The van der Waals surface area contributed by atoms with Gasteiger partial charge in [0, 0.05) is 23.7 Å². The molecular weight excluding hydrogens is 870 g/mol. The summed E-state index contributed by atoms with van der Waals surface area (Å²) in [4.78, 5) is 14.2. The van der Waals surface area contributed by atoms with E-state index in [9.17, 15) is 0 Å². The van der Waals surface area contributed by atoms with Crippen molar-refractivity contribution in [1.82, 2.24) is 25.1 Å². The maximum Gasteiger partial charge on any atom is 0.127 e. The Morgan fingerprint density at radius 2 is 1.44 bits per heavy atom. The van der Waals surface area contributed by atoms with E-state index < -0.39 is 0 Å². The number of benzene rings is 3. The van der Waals surface area contributed by atoms with Crippen molar-refractivity contribution < 1.29 is 4.39 Å². The van der Waals surface area contributed by atoms with Crippen molar-refractivity contribution in [1.29, 1.82) is 0 Å². The minimum Gasteiger partial charge on any atom is -0.323 e. The van der Waals surface area contributed by atoms with E-state index >= 15 is 4.39 Å². The van der Waals surface area contributed by atoms with Crippen LogP contribution in [0.3, 0.4) is 0 Å². The van der Waals surface area contributed by atoms with Gasteiger partial charge in [0.05, 0.1) is 5.52 Å². The number of fused-ring (bicyclic) bond motifs is 1. The lowest BCUT2D eigenvalue weighted by Gasteiger charge is -2.33. The number of unbranched alkanes of at least 4 members (excludes halogenated alkanes) is 5. The Hall–Kier alpha value is -3.97. The molecule has 0 radical (unpaired) electrons. The molecule has 0 spiro atoms. The molecule has 1 aliphatic rings. The van der Waals surface area contributed by atoms with Crippen LogP contribution >= 0.6 is 0 Å². The lowest BCUT2D eigenvalue weighted by molar-refractivity contribution is 0.206. The first-order valence-corrected chi connectivity index (χ1v) is 28.1. The van der Waals surface area contributed by atoms with E-state index in [1.165, 1.54) is 79.0 Å². The van der Waals surface area contributed by atoms with Gasteiger partial charge >= 0.3 is 0 Å². The van der Waals surface area contributed by atoms with Crippen molar-refractivity contribution in [2.75, 3.05) is 40.8 Å². The van der Waals surface area contributed by atoms with Crippen LogP contribution in [0.2, 0.25) is 0 Å². The maximum absolute atomic E-state index is 15.3. The zero-order valence-corrected chi connectivity index (χ0v) is 49.1. The Labute approximate surface area is 438 Å². The normalized spacial score (nSPS) is 13.0. The summed E-state index contributed by atoms with van der Waals surface area (Å²) in [6.45, 7) is 45.8. The van der Waals surface area contributed by atoms with Gasteiger partial charge in [0.25, 0.3) is 0 Å². The average molecular weight is 979 g/mol. The van der Waals surface area contributed by atoms with E-state index in [4.69, 9.17) is 4.98 Å². The minimum absolute atomic E-state index is 0.0811. The molecule has 6 heteroatoms. The van der Waals surface area contributed by atoms with Gasteiger partial charge in [-0.25, -0.2) is 14.4 Å². The fourth-order valence-corrected chi connectivity index (χ4v) is 8.96. The second-order valence-corrected chi connectivity index (χ2v) is 19.9. The van der Waals surface area contributed by atoms with E-state index in [2.05, 4.69) is 152 Å². The highest BCUT2D eigenvalue weighted by atomic mass is 19.1. The van der Waals surface area contributed by atoms with Crippen LogP contribution in [0.4, 0.5) is 4.39 Å². The first-order valence-electron chi connectivity index (χ1n) is 28.1. The number of halogens is 1. The van der Waals surface area contributed by atoms with E-state index in [1.807, 2.05) is 60.9 Å². The van der Waals surface area contributed by atoms with E-state index in [1.54, 1.807) is 12.1 Å². The van der Waals surface area contributed by atoms with Gasteiger partial charge < -0.3 is 10.2 Å². The van der Waals surface area contributed by atoms with Crippen LogP contribution in [0.25, 0.3) is 17.0 Å². The summed E-state index contributed by atoms with van der Waals surface area (Å²) in [6.07, 6.45) is 22.0. The van der Waals surface area contributed by atoms with Gasteiger partial charge in [-0.05, 0) is 187 Å². The fourth-order valence-electron chi connectivity index (χ4n) is 8.96. The van der Waals surface area contributed by atoms with Gasteiger partial charge in [0.2, 0.25) is 0 Å². The molecule has 5 nitrogen and oxygen atoms in total. The molecule has 0 amide bonds. The van der Waals surface area contributed by atoms with E-state index in [0.717, 1.165) is 98.4 Å². The molecular formula is C65H108FN5. The summed E-state index contributed by atoms with van der Waals surface area (Å²) < 4.78 is 15.3. The van der Waals surface area contributed by atoms with Crippen molar-refractivity contribution in [3.8, 4) is 0 Å². The summed E-state index contributed by atoms with van der Waals surface area (Å²) >= 11 is 0. The summed E-state index contributed by atoms with van der Waals surface area (Å²) in [7, 11) is 5.87. The van der Waals surface area contributed by atoms with Gasteiger partial charge in [-0.15, -0.1) is 13.2 Å². The second-order valence-electron chi connectivity index (χ2n) is 19.9. The monoisotopic (exact) mass is 978 g/mol. The molecule has 1 N–H and O–H groups in total. The third-order valence-electron chi connectivity index (χ3n) is 13.5. The predicted octanol–water partition coefficient (Wildman–Crippen LogP) is 18.1. The van der Waals surface area contributed by atoms with Crippen LogP contribution in [0.15, 0.2) is 80.4 Å². The Morgan fingerprint density at radius 3 is 1.99 bits per heavy atom. The average Bonchev–Trinajstić information content (AvgIpc) is 3.37. The van der Waals surface area contributed by atoms with Crippen LogP contribution in [0, 0.1) is 19.7 Å². The van der Waals surface area contributed by atoms with E-state index in [-0.39, 0.29) is 17.8 Å². The predicted molar refractivity (Wildman–Crippen MR) is 317 cm³/mol. The zero-order valence-electron chi connectivity index (χ0n) is 49.1. The molecule has 5 rings (SSSR count). The number of hydrogen-bond donors (Lipinski definition) is 1. The van der Waals surface area contributed by atoms with Gasteiger partial charge in [0.1, 0.15) is 11.6 Å². The Morgan fingerprint density at radius 1 is 0.831 bits per heavy atom.